The van der Waals surface area contributed by atoms with Crippen molar-refractivity contribution in [1.82, 2.24) is 0 Å². The van der Waals surface area contributed by atoms with E-state index >= 15 is 0 Å². The van der Waals surface area contributed by atoms with Gasteiger partial charge in [-0.3, -0.25) is 0 Å². The second kappa shape index (κ2) is 11.8. The Morgan fingerprint density at radius 2 is 1.16 bits per heavy atom. The van der Waals surface area contributed by atoms with Crippen LogP contribution in [-0.2, 0) is 23.7 Å². The lowest BCUT2D eigenvalue weighted by molar-refractivity contribution is 0.423. The summed E-state index contributed by atoms with van der Waals surface area (Å²) in [7, 11) is 0. The molecule has 0 heterocycles. The van der Waals surface area contributed by atoms with Crippen LogP contribution in [0.5, 0.6) is 11.5 Å². The van der Waals surface area contributed by atoms with E-state index < -0.39 is 0 Å². The van der Waals surface area contributed by atoms with Crippen LogP contribution < -0.4 is 0 Å². The molecule has 0 atom stereocenters. The Labute approximate surface area is 198 Å². The van der Waals surface area contributed by atoms with Gasteiger partial charge in [0.2, 0.25) is 0 Å². The second-order valence-corrected chi connectivity index (χ2v) is 11.3. The summed E-state index contributed by atoms with van der Waals surface area (Å²) >= 11 is 0. The third-order valence-corrected chi connectivity index (χ3v) is 6.03. The van der Waals surface area contributed by atoms with Crippen molar-refractivity contribution in [3.05, 3.63) is 57.6 Å². The van der Waals surface area contributed by atoms with Crippen molar-refractivity contribution in [2.24, 2.45) is 0 Å². The summed E-state index contributed by atoms with van der Waals surface area (Å²) in [5, 5.41) is 20.5. The Kier molecular flexibility index (Phi) is 10.3. The maximum atomic E-state index is 10.4. The van der Waals surface area contributed by atoms with Crippen LogP contribution in [0.2, 0.25) is 0 Å². The maximum absolute atomic E-state index is 10.4. The Morgan fingerprint density at radius 3 is 1.59 bits per heavy atom. The number of hydrogen-bond donors (Lipinski definition) is 2. The molecular formula is C30H48O2. The molecule has 0 radical (unpaired) electrons. The highest BCUT2D eigenvalue weighted by atomic mass is 16.3. The van der Waals surface area contributed by atoms with Crippen LogP contribution in [0, 0.1) is 13.8 Å². The van der Waals surface area contributed by atoms with E-state index in [9.17, 15) is 10.2 Å². The number of benzene rings is 2. The van der Waals surface area contributed by atoms with Gasteiger partial charge in [0.1, 0.15) is 11.5 Å². The Hall–Kier alpha value is -1.96. The molecule has 0 spiro atoms. The van der Waals surface area contributed by atoms with Gasteiger partial charge in [-0.1, -0.05) is 98.1 Å². The number of phenolic OH excluding ortho intramolecular Hbond substituents is 2. The third-order valence-electron chi connectivity index (χ3n) is 6.03. The Balaban J connectivity index is 0.000000320. The predicted molar refractivity (Wildman–Crippen MR) is 140 cm³/mol. The van der Waals surface area contributed by atoms with E-state index in [1.54, 1.807) is 0 Å². The molecule has 0 aromatic heterocycles. The monoisotopic (exact) mass is 440 g/mol. The molecule has 0 saturated heterocycles. The van der Waals surface area contributed by atoms with Gasteiger partial charge >= 0.3 is 0 Å². The van der Waals surface area contributed by atoms with E-state index in [1.165, 1.54) is 36.0 Å². The lowest BCUT2D eigenvalue weighted by Crippen LogP contribution is -2.17. The summed E-state index contributed by atoms with van der Waals surface area (Å²) < 4.78 is 0. The zero-order chi connectivity index (χ0) is 24.7. The van der Waals surface area contributed by atoms with Crippen LogP contribution in [0.25, 0.3) is 0 Å². The molecule has 0 unspecified atom stereocenters. The van der Waals surface area contributed by atoms with Crippen molar-refractivity contribution >= 4 is 0 Å². The minimum absolute atomic E-state index is 0.0178. The van der Waals surface area contributed by atoms with Gasteiger partial charge in [-0.25, -0.2) is 0 Å². The highest BCUT2D eigenvalue weighted by Gasteiger charge is 2.25. The minimum atomic E-state index is -0.0178. The van der Waals surface area contributed by atoms with Gasteiger partial charge < -0.3 is 10.2 Å². The molecule has 2 rings (SSSR count). The van der Waals surface area contributed by atoms with Gasteiger partial charge in [-0.2, -0.15) is 0 Å². The quantitative estimate of drug-likeness (QED) is 0.471. The topological polar surface area (TPSA) is 40.5 Å². The van der Waals surface area contributed by atoms with Gasteiger partial charge in [0, 0.05) is 0 Å². The van der Waals surface area contributed by atoms with Crippen LogP contribution in [0.4, 0.5) is 0 Å². The molecule has 0 fully saturated rings. The average molecular weight is 441 g/mol. The molecule has 0 amide bonds. The summed E-state index contributed by atoms with van der Waals surface area (Å²) in [6.45, 7) is 21.3. The highest BCUT2D eigenvalue weighted by molar-refractivity contribution is 5.49. The van der Waals surface area contributed by atoms with Crippen molar-refractivity contribution in [2.45, 2.75) is 119 Å². The van der Waals surface area contributed by atoms with Gasteiger partial charge in [0.15, 0.2) is 0 Å². The largest absolute Gasteiger partial charge is 0.507 e. The van der Waals surface area contributed by atoms with Crippen molar-refractivity contribution in [1.29, 1.82) is 0 Å². The average Bonchev–Trinajstić information content (AvgIpc) is 2.68. The zero-order valence-corrected chi connectivity index (χ0v) is 22.4. The molecule has 2 heteroatoms. The number of aromatic hydroxyl groups is 2. The van der Waals surface area contributed by atoms with E-state index in [0.29, 0.717) is 11.5 Å². The molecule has 2 nitrogen and oxygen atoms in total. The number of rotatable bonds is 6. The SMILES string of the molecule is CCCCc1ccc(C)c(O)c1CCCC.Cc1cc(C(C)(C)C)c(O)c(C(C)(C)C)c1. The molecule has 2 N–H and O–H groups in total. The molecule has 0 bridgehead atoms. The first-order valence-electron chi connectivity index (χ1n) is 12.4. The van der Waals surface area contributed by atoms with Crippen molar-refractivity contribution in [3.8, 4) is 11.5 Å². The normalized spacial score (nSPS) is 11.8. The molecule has 2 aromatic rings. The van der Waals surface area contributed by atoms with Gasteiger partial charge in [-0.05, 0) is 78.2 Å². The fraction of sp³-hybridized carbons (Fsp3) is 0.600. The van der Waals surface area contributed by atoms with Crippen LogP contribution in [0.15, 0.2) is 24.3 Å². The first kappa shape index (κ1) is 28.1. The molecule has 0 aliphatic rings. The fourth-order valence-electron chi connectivity index (χ4n) is 3.95. The molecule has 0 aliphatic carbocycles. The molecule has 2 aromatic carbocycles. The first-order valence-corrected chi connectivity index (χ1v) is 12.4. The van der Waals surface area contributed by atoms with E-state index in [0.717, 1.165) is 36.0 Å². The maximum Gasteiger partial charge on any atom is 0.123 e. The molecule has 180 valence electrons. The standard InChI is InChI=1S/2C15H24O/c1-10-8-11(14(2,3)4)13(16)12(9-10)15(5,6)7;1-4-6-8-13-11-10-12(3)15(16)14(13)9-7-5-2/h8-9,16H,1-7H3;10-11,16H,4-9H2,1-3H3. The predicted octanol–water partition coefficient (Wildman–Crippen LogP) is 8.68. The summed E-state index contributed by atoms with van der Waals surface area (Å²) in [6, 6.07) is 8.40. The fourth-order valence-corrected chi connectivity index (χ4v) is 3.95. The summed E-state index contributed by atoms with van der Waals surface area (Å²) in [4.78, 5) is 0. The number of phenols is 2. The van der Waals surface area contributed by atoms with Crippen LogP contribution in [-0.4, -0.2) is 10.2 Å². The first-order chi connectivity index (χ1) is 14.7. The zero-order valence-electron chi connectivity index (χ0n) is 22.4. The molecule has 32 heavy (non-hydrogen) atoms. The summed E-state index contributed by atoms with van der Waals surface area (Å²) in [6.07, 6.45) is 6.88. The van der Waals surface area contributed by atoms with E-state index in [1.807, 2.05) is 13.0 Å². The Morgan fingerprint density at radius 1 is 0.688 bits per heavy atom. The number of aryl methyl sites for hydroxylation is 3. The summed E-state index contributed by atoms with van der Waals surface area (Å²) in [5.74, 6) is 0.993. The van der Waals surface area contributed by atoms with Gasteiger partial charge in [-0.15, -0.1) is 0 Å². The lowest BCUT2D eigenvalue weighted by Gasteiger charge is -2.27. The van der Waals surface area contributed by atoms with Crippen molar-refractivity contribution < 1.29 is 10.2 Å². The highest BCUT2D eigenvalue weighted by Crippen LogP contribution is 2.39. The number of unbranched alkanes of at least 4 members (excludes halogenated alkanes) is 2. The van der Waals surface area contributed by atoms with E-state index in [2.05, 4.69) is 80.5 Å². The molecule has 0 aliphatic heterocycles. The van der Waals surface area contributed by atoms with Crippen LogP contribution in [0.1, 0.15) is 114 Å². The van der Waals surface area contributed by atoms with Crippen LogP contribution in [0.3, 0.4) is 0 Å². The third kappa shape index (κ3) is 7.87. The van der Waals surface area contributed by atoms with Crippen molar-refractivity contribution in [3.63, 3.8) is 0 Å². The summed E-state index contributed by atoms with van der Waals surface area (Å²) in [5.41, 5.74) is 6.80. The minimum Gasteiger partial charge on any atom is -0.507 e. The molecular weight excluding hydrogens is 392 g/mol. The van der Waals surface area contributed by atoms with Crippen LogP contribution >= 0.6 is 0 Å². The Bertz CT molecular complexity index is 829. The van der Waals surface area contributed by atoms with Gasteiger partial charge in [0.25, 0.3) is 0 Å². The molecule has 0 saturated carbocycles. The second-order valence-electron chi connectivity index (χ2n) is 11.3. The number of hydrogen-bond acceptors (Lipinski definition) is 2. The van der Waals surface area contributed by atoms with E-state index in [-0.39, 0.29) is 10.8 Å². The smallest absolute Gasteiger partial charge is 0.123 e. The van der Waals surface area contributed by atoms with Gasteiger partial charge in [0.05, 0.1) is 0 Å². The lowest BCUT2D eigenvalue weighted by atomic mass is 9.78. The van der Waals surface area contributed by atoms with E-state index in [4.69, 9.17) is 0 Å². The van der Waals surface area contributed by atoms with Crippen molar-refractivity contribution in [2.75, 3.05) is 0 Å².